The zero-order valence-electron chi connectivity index (χ0n) is 12.7. The minimum Gasteiger partial charge on any atom is -0.327 e. The van der Waals surface area contributed by atoms with Crippen molar-refractivity contribution in [2.45, 2.75) is 6.04 Å². The van der Waals surface area contributed by atoms with Crippen LogP contribution >= 0.6 is 15.9 Å². The zero-order chi connectivity index (χ0) is 16.8. The molecule has 0 atom stereocenters. The Labute approximate surface area is 148 Å². The summed E-state index contributed by atoms with van der Waals surface area (Å²) in [6.45, 7) is 0. The van der Waals surface area contributed by atoms with Gasteiger partial charge in [0, 0.05) is 12.4 Å². The van der Waals surface area contributed by atoms with Crippen LogP contribution in [0, 0.1) is 0 Å². The van der Waals surface area contributed by atoms with Gasteiger partial charge in [-0.2, -0.15) is 0 Å². The number of carbonyl (C=O) groups is 1. The molecule has 0 bridgehead atoms. The molecule has 0 aliphatic carbocycles. The van der Waals surface area contributed by atoms with Crippen LogP contribution < -0.4 is 10.6 Å². The van der Waals surface area contributed by atoms with Crippen molar-refractivity contribution in [1.29, 1.82) is 0 Å². The van der Waals surface area contributed by atoms with E-state index in [1.165, 1.54) is 0 Å². The number of hydrogen-bond acceptors (Lipinski definition) is 3. The van der Waals surface area contributed by atoms with Gasteiger partial charge in [0.05, 0.1) is 10.5 Å². The Morgan fingerprint density at radius 3 is 1.88 bits per heavy atom. The van der Waals surface area contributed by atoms with E-state index in [1.807, 2.05) is 60.7 Å². The average Bonchev–Trinajstić information content (AvgIpc) is 2.63. The van der Waals surface area contributed by atoms with Crippen molar-refractivity contribution in [2.75, 3.05) is 5.32 Å². The second-order valence-corrected chi connectivity index (χ2v) is 5.99. The maximum absolute atomic E-state index is 12.3. The number of benzene rings is 2. The molecule has 0 aliphatic rings. The molecule has 6 heteroatoms. The molecular formula is C18H15BrN4O. The van der Waals surface area contributed by atoms with Crippen LogP contribution in [0.1, 0.15) is 17.2 Å². The van der Waals surface area contributed by atoms with Crippen molar-refractivity contribution in [3.8, 4) is 0 Å². The van der Waals surface area contributed by atoms with Gasteiger partial charge in [-0.1, -0.05) is 60.7 Å². The molecule has 1 aromatic heterocycles. The molecule has 0 unspecified atom stereocenters. The Kier molecular flexibility index (Phi) is 5.18. The summed E-state index contributed by atoms with van der Waals surface area (Å²) in [4.78, 5) is 20.4. The number of nitrogens with zero attached hydrogens (tertiary/aromatic N) is 2. The molecule has 0 radical (unpaired) electrons. The van der Waals surface area contributed by atoms with Gasteiger partial charge in [-0.3, -0.25) is 5.32 Å². The van der Waals surface area contributed by atoms with Gasteiger partial charge in [-0.15, -0.1) is 0 Å². The molecule has 3 aromatic rings. The molecule has 0 fully saturated rings. The van der Waals surface area contributed by atoms with Crippen LogP contribution in [0.5, 0.6) is 0 Å². The van der Waals surface area contributed by atoms with Crippen molar-refractivity contribution in [3.63, 3.8) is 0 Å². The predicted molar refractivity (Wildman–Crippen MR) is 96.6 cm³/mol. The van der Waals surface area contributed by atoms with E-state index in [-0.39, 0.29) is 18.0 Å². The van der Waals surface area contributed by atoms with Gasteiger partial charge in [-0.25, -0.2) is 14.8 Å². The van der Waals surface area contributed by atoms with Crippen molar-refractivity contribution in [2.24, 2.45) is 0 Å². The van der Waals surface area contributed by atoms with E-state index in [0.717, 1.165) is 15.6 Å². The molecule has 0 saturated heterocycles. The standard InChI is InChI=1S/C18H15BrN4O/c19-15-11-20-17(21-12-15)23-18(24)22-16(13-7-3-1-4-8-13)14-9-5-2-6-10-14/h1-12,16H,(H2,20,21,22,23,24). The Morgan fingerprint density at radius 1 is 0.875 bits per heavy atom. The molecule has 0 spiro atoms. The Balaban J connectivity index is 1.79. The van der Waals surface area contributed by atoms with Gasteiger partial charge < -0.3 is 5.32 Å². The maximum Gasteiger partial charge on any atom is 0.322 e. The molecule has 120 valence electrons. The quantitative estimate of drug-likeness (QED) is 0.711. The van der Waals surface area contributed by atoms with Gasteiger partial charge in [-0.05, 0) is 27.1 Å². The second-order valence-electron chi connectivity index (χ2n) is 5.08. The normalized spacial score (nSPS) is 10.4. The Hall–Kier alpha value is -2.73. The van der Waals surface area contributed by atoms with Crippen LogP contribution in [0.3, 0.4) is 0 Å². The highest BCUT2D eigenvalue weighted by Gasteiger charge is 2.17. The first-order chi connectivity index (χ1) is 11.7. The average molecular weight is 383 g/mol. The fourth-order valence-corrected chi connectivity index (χ4v) is 2.50. The first-order valence-corrected chi connectivity index (χ1v) is 8.16. The van der Waals surface area contributed by atoms with E-state index >= 15 is 0 Å². The van der Waals surface area contributed by atoms with Crippen LogP contribution in [-0.2, 0) is 0 Å². The second kappa shape index (κ2) is 7.70. The van der Waals surface area contributed by atoms with Gasteiger partial charge >= 0.3 is 6.03 Å². The molecular weight excluding hydrogens is 368 g/mol. The highest BCUT2D eigenvalue weighted by molar-refractivity contribution is 9.10. The maximum atomic E-state index is 12.3. The van der Waals surface area contributed by atoms with Gasteiger partial charge in [0.1, 0.15) is 0 Å². The lowest BCUT2D eigenvalue weighted by Gasteiger charge is -2.19. The summed E-state index contributed by atoms with van der Waals surface area (Å²) in [5.41, 5.74) is 1.99. The number of aromatic nitrogens is 2. The molecule has 2 N–H and O–H groups in total. The van der Waals surface area contributed by atoms with Crippen molar-refractivity contribution >= 4 is 27.9 Å². The molecule has 2 aromatic carbocycles. The molecule has 2 amide bonds. The van der Waals surface area contributed by atoms with Crippen LogP contribution in [0.15, 0.2) is 77.5 Å². The fourth-order valence-electron chi connectivity index (χ4n) is 2.30. The molecule has 1 heterocycles. The highest BCUT2D eigenvalue weighted by Crippen LogP contribution is 2.21. The molecule has 3 rings (SSSR count). The van der Waals surface area contributed by atoms with E-state index in [2.05, 4.69) is 36.5 Å². The molecule has 24 heavy (non-hydrogen) atoms. The van der Waals surface area contributed by atoms with Crippen molar-refractivity contribution < 1.29 is 4.79 Å². The molecule has 5 nitrogen and oxygen atoms in total. The van der Waals surface area contributed by atoms with E-state index in [1.54, 1.807) is 12.4 Å². The topological polar surface area (TPSA) is 66.9 Å². The lowest BCUT2D eigenvalue weighted by atomic mass is 9.99. The van der Waals surface area contributed by atoms with Crippen molar-refractivity contribution in [1.82, 2.24) is 15.3 Å². The minimum absolute atomic E-state index is 0.246. The first-order valence-electron chi connectivity index (χ1n) is 7.37. The number of carbonyl (C=O) groups excluding carboxylic acids is 1. The lowest BCUT2D eigenvalue weighted by molar-refractivity contribution is 0.250. The Morgan fingerprint density at radius 2 is 1.38 bits per heavy atom. The third-order valence-electron chi connectivity index (χ3n) is 3.39. The summed E-state index contributed by atoms with van der Waals surface area (Å²) in [6, 6.07) is 19.0. The van der Waals surface area contributed by atoms with Gasteiger partial charge in [0.15, 0.2) is 0 Å². The SMILES string of the molecule is O=C(Nc1ncc(Br)cn1)NC(c1ccccc1)c1ccccc1. The first kappa shape index (κ1) is 16.1. The smallest absolute Gasteiger partial charge is 0.322 e. The van der Waals surface area contributed by atoms with E-state index in [4.69, 9.17) is 0 Å². The predicted octanol–water partition coefficient (Wildman–Crippen LogP) is 4.15. The summed E-state index contributed by atoms with van der Waals surface area (Å²) in [5.74, 6) is 0.246. The summed E-state index contributed by atoms with van der Waals surface area (Å²) < 4.78 is 0.750. The summed E-state index contributed by atoms with van der Waals surface area (Å²) in [7, 11) is 0. The number of amides is 2. The van der Waals surface area contributed by atoms with Crippen molar-refractivity contribution in [3.05, 3.63) is 88.7 Å². The van der Waals surface area contributed by atoms with Gasteiger partial charge in [0.2, 0.25) is 5.95 Å². The number of urea groups is 1. The lowest BCUT2D eigenvalue weighted by Crippen LogP contribution is -2.33. The van der Waals surface area contributed by atoms with Crippen LogP contribution in [0.2, 0.25) is 0 Å². The minimum atomic E-state index is -0.366. The number of rotatable bonds is 4. The third-order valence-corrected chi connectivity index (χ3v) is 3.80. The fraction of sp³-hybridized carbons (Fsp3) is 0.0556. The van der Waals surface area contributed by atoms with E-state index in [0.29, 0.717) is 0 Å². The Bertz CT molecular complexity index is 755. The number of halogens is 1. The number of hydrogen-bond donors (Lipinski definition) is 2. The zero-order valence-corrected chi connectivity index (χ0v) is 14.3. The van der Waals surface area contributed by atoms with Gasteiger partial charge in [0.25, 0.3) is 0 Å². The molecule has 0 saturated carbocycles. The highest BCUT2D eigenvalue weighted by atomic mass is 79.9. The number of anilines is 1. The monoisotopic (exact) mass is 382 g/mol. The largest absolute Gasteiger partial charge is 0.327 e. The van der Waals surface area contributed by atoms with Crippen LogP contribution in [0.4, 0.5) is 10.7 Å². The molecule has 0 aliphatic heterocycles. The van der Waals surface area contributed by atoms with E-state index < -0.39 is 0 Å². The van der Waals surface area contributed by atoms with E-state index in [9.17, 15) is 4.79 Å². The summed E-state index contributed by atoms with van der Waals surface area (Å²) in [5, 5.41) is 5.62. The summed E-state index contributed by atoms with van der Waals surface area (Å²) >= 11 is 3.26. The third kappa shape index (κ3) is 4.17. The van der Waals surface area contributed by atoms with Crippen LogP contribution in [0.25, 0.3) is 0 Å². The summed E-state index contributed by atoms with van der Waals surface area (Å²) in [6.07, 6.45) is 3.16. The number of nitrogens with one attached hydrogen (secondary N) is 2. The van der Waals surface area contributed by atoms with Crippen LogP contribution in [-0.4, -0.2) is 16.0 Å².